The van der Waals surface area contributed by atoms with Crippen LogP contribution in [0.2, 0.25) is 5.02 Å². The Balaban J connectivity index is 1.47. The van der Waals surface area contributed by atoms with E-state index >= 15 is 0 Å². The maximum atomic E-state index is 14.4. The summed E-state index contributed by atoms with van der Waals surface area (Å²) in [5.41, 5.74) is 4.08. The van der Waals surface area contributed by atoms with E-state index in [-0.39, 0.29) is 17.0 Å². The van der Waals surface area contributed by atoms with Gasteiger partial charge in [0.1, 0.15) is 18.2 Å². The standard InChI is InChI=1S/C29H25ClFN3O4S/c30-25-14-16-26(17-15-25)39(36,37)34(19-24-11-4-6-12-27(24)31)20-29(35)33-32-18-23-10-5-7-13-28(23)38-21-22-8-2-1-3-9-22/h1-18H,19-21H2,(H,33,35)/b32-18-. The van der Waals surface area contributed by atoms with Crippen LogP contribution in [0.1, 0.15) is 16.7 Å². The van der Waals surface area contributed by atoms with Crippen LogP contribution in [0.4, 0.5) is 4.39 Å². The van der Waals surface area contributed by atoms with E-state index < -0.39 is 28.3 Å². The summed E-state index contributed by atoms with van der Waals surface area (Å²) in [6.07, 6.45) is 1.41. The minimum atomic E-state index is -4.17. The number of para-hydroxylation sites is 1. The summed E-state index contributed by atoms with van der Waals surface area (Å²) in [5, 5.41) is 4.34. The van der Waals surface area contributed by atoms with Gasteiger partial charge in [-0.3, -0.25) is 4.79 Å². The summed E-state index contributed by atoms with van der Waals surface area (Å²) >= 11 is 5.90. The normalized spacial score (nSPS) is 11.6. The molecule has 10 heteroatoms. The SMILES string of the molecule is O=C(CN(Cc1ccccc1F)S(=O)(=O)c1ccc(Cl)cc1)N/N=C\c1ccccc1OCc1ccccc1. The predicted molar refractivity (Wildman–Crippen MR) is 148 cm³/mol. The quantitative estimate of drug-likeness (QED) is 0.195. The molecular weight excluding hydrogens is 541 g/mol. The molecule has 4 aromatic rings. The van der Waals surface area contributed by atoms with Crippen LogP contribution in [0.5, 0.6) is 5.75 Å². The Labute approximate surface area is 231 Å². The van der Waals surface area contributed by atoms with E-state index in [0.717, 1.165) is 9.87 Å². The van der Waals surface area contributed by atoms with E-state index in [1.165, 1.54) is 48.7 Å². The predicted octanol–water partition coefficient (Wildman–Crippen LogP) is 5.40. The fourth-order valence-electron chi connectivity index (χ4n) is 3.62. The molecule has 39 heavy (non-hydrogen) atoms. The number of rotatable bonds is 11. The van der Waals surface area contributed by atoms with Crippen LogP contribution < -0.4 is 10.2 Å². The van der Waals surface area contributed by atoms with Crippen molar-refractivity contribution in [2.75, 3.05) is 6.54 Å². The highest BCUT2D eigenvalue weighted by atomic mass is 35.5. The van der Waals surface area contributed by atoms with E-state index in [2.05, 4.69) is 10.5 Å². The van der Waals surface area contributed by atoms with E-state index in [4.69, 9.17) is 16.3 Å². The first-order chi connectivity index (χ1) is 18.8. The number of nitrogens with one attached hydrogen (secondary N) is 1. The molecule has 4 rings (SSSR count). The highest BCUT2D eigenvalue weighted by Gasteiger charge is 2.27. The number of carbonyl (C=O) groups is 1. The first kappa shape index (κ1) is 28.0. The van der Waals surface area contributed by atoms with E-state index in [9.17, 15) is 17.6 Å². The van der Waals surface area contributed by atoms with Crippen molar-refractivity contribution in [3.05, 3.63) is 131 Å². The number of sulfonamides is 1. The summed E-state index contributed by atoms with van der Waals surface area (Å²) < 4.78 is 47.8. The van der Waals surface area contributed by atoms with Gasteiger partial charge in [-0.25, -0.2) is 18.2 Å². The molecule has 0 saturated heterocycles. The van der Waals surface area contributed by atoms with Crippen molar-refractivity contribution in [2.45, 2.75) is 18.0 Å². The maximum Gasteiger partial charge on any atom is 0.255 e. The number of nitrogens with zero attached hydrogens (tertiary/aromatic N) is 2. The van der Waals surface area contributed by atoms with Crippen molar-refractivity contribution in [3.63, 3.8) is 0 Å². The van der Waals surface area contributed by atoms with E-state index in [1.54, 1.807) is 24.3 Å². The maximum absolute atomic E-state index is 14.4. The average molecular weight is 566 g/mol. The minimum Gasteiger partial charge on any atom is -0.488 e. The fourth-order valence-corrected chi connectivity index (χ4v) is 5.12. The van der Waals surface area contributed by atoms with Crippen molar-refractivity contribution in [2.24, 2.45) is 5.10 Å². The van der Waals surface area contributed by atoms with Gasteiger partial charge in [0.25, 0.3) is 5.91 Å². The molecule has 0 aromatic heterocycles. The molecule has 0 atom stereocenters. The number of ether oxygens (including phenoxy) is 1. The van der Waals surface area contributed by atoms with Gasteiger partial charge in [-0.05, 0) is 48.0 Å². The second kappa shape index (κ2) is 13.1. The second-order valence-corrected chi connectivity index (χ2v) is 10.8. The van der Waals surface area contributed by atoms with Crippen LogP contribution in [-0.2, 0) is 28.0 Å². The van der Waals surface area contributed by atoms with Gasteiger partial charge in [0, 0.05) is 22.7 Å². The van der Waals surface area contributed by atoms with Gasteiger partial charge in [0.05, 0.1) is 17.7 Å². The van der Waals surface area contributed by atoms with E-state index in [0.29, 0.717) is 22.9 Å². The lowest BCUT2D eigenvalue weighted by atomic mass is 10.2. The lowest BCUT2D eigenvalue weighted by Gasteiger charge is -2.21. The Bertz CT molecular complexity index is 1550. The van der Waals surface area contributed by atoms with Crippen molar-refractivity contribution in [1.29, 1.82) is 0 Å². The first-order valence-corrected chi connectivity index (χ1v) is 13.7. The summed E-state index contributed by atoms with van der Waals surface area (Å²) in [6, 6.07) is 28.1. The largest absolute Gasteiger partial charge is 0.488 e. The number of benzene rings is 4. The zero-order valence-corrected chi connectivity index (χ0v) is 22.3. The van der Waals surface area contributed by atoms with Crippen molar-refractivity contribution < 1.29 is 22.3 Å². The summed E-state index contributed by atoms with van der Waals surface area (Å²) in [6.45, 7) is -0.598. The number of hydrazone groups is 1. The number of halogens is 2. The third-order valence-corrected chi connectivity index (χ3v) is 7.68. The molecular formula is C29H25ClFN3O4S. The summed E-state index contributed by atoms with van der Waals surface area (Å²) in [5.74, 6) is -0.729. The van der Waals surface area contributed by atoms with E-state index in [1.807, 2.05) is 36.4 Å². The molecule has 7 nitrogen and oxygen atoms in total. The monoisotopic (exact) mass is 565 g/mol. The smallest absolute Gasteiger partial charge is 0.255 e. The number of amides is 1. The molecule has 1 N–H and O–H groups in total. The van der Waals surface area contributed by atoms with Gasteiger partial charge < -0.3 is 4.74 Å². The molecule has 0 unspecified atom stereocenters. The highest BCUT2D eigenvalue weighted by molar-refractivity contribution is 7.89. The molecule has 0 saturated carbocycles. The minimum absolute atomic E-state index is 0.0796. The van der Waals surface area contributed by atoms with Gasteiger partial charge in [0.15, 0.2) is 0 Å². The molecule has 0 heterocycles. The van der Waals surface area contributed by atoms with Crippen molar-refractivity contribution in [3.8, 4) is 5.75 Å². The topological polar surface area (TPSA) is 88.1 Å². The molecule has 4 aromatic carbocycles. The Morgan fingerprint density at radius 1 is 0.923 bits per heavy atom. The lowest BCUT2D eigenvalue weighted by Crippen LogP contribution is -2.39. The van der Waals surface area contributed by atoms with Crippen LogP contribution in [-0.4, -0.2) is 31.4 Å². The molecule has 0 bridgehead atoms. The van der Waals surface area contributed by atoms with Crippen LogP contribution in [0.15, 0.2) is 113 Å². The molecule has 0 aliphatic carbocycles. The van der Waals surface area contributed by atoms with Crippen LogP contribution in [0.3, 0.4) is 0 Å². The Morgan fingerprint density at radius 2 is 1.59 bits per heavy atom. The molecule has 0 aliphatic rings. The Morgan fingerprint density at radius 3 is 2.33 bits per heavy atom. The average Bonchev–Trinajstić information content (AvgIpc) is 2.94. The van der Waals surface area contributed by atoms with Crippen molar-refractivity contribution >= 4 is 33.7 Å². The van der Waals surface area contributed by atoms with Gasteiger partial charge in [0.2, 0.25) is 10.0 Å². The number of hydrogen-bond acceptors (Lipinski definition) is 5. The van der Waals surface area contributed by atoms with Crippen LogP contribution in [0, 0.1) is 5.82 Å². The molecule has 0 spiro atoms. The third kappa shape index (κ3) is 7.73. The molecule has 0 radical (unpaired) electrons. The van der Waals surface area contributed by atoms with Crippen LogP contribution in [0.25, 0.3) is 0 Å². The first-order valence-electron chi connectivity index (χ1n) is 11.9. The van der Waals surface area contributed by atoms with Gasteiger partial charge in [-0.15, -0.1) is 0 Å². The molecule has 0 fully saturated rings. The third-order valence-electron chi connectivity index (χ3n) is 5.62. The number of hydrogen-bond donors (Lipinski definition) is 1. The Kier molecular flexibility index (Phi) is 9.43. The summed E-state index contributed by atoms with van der Waals surface area (Å²) in [4.78, 5) is 12.7. The fraction of sp³-hybridized carbons (Fsp3) is 0.103. The lowest BCUT2D eigenvalue weighted by molar-refractivity contribution is -0.121. The second-order valence-electron chi connectivity index (χ2n) is 8.42. The number of carbonyl (C=O) groups excluding carboxylic acids is 1. The molecule has 1 amide bonds. The van der Waals surface area contributed by atoms with Gasteiger partial charge in [-0.2, -0.15) is 9.41 Å². The zero-order valence-electron chi connectivity index (χ0n) is 20.7. The summed E-state index contributed by atoms with van der Waals surface area (Å²) in [7, 11) is -4.17. The van der Waals surface area contributed by atoms with Crippen LogP contribution >= 0.6 is 11.6 Å². The molecule has 0 aliphatic heterocycles. The van der Waals surface area contributed by atoms with Gasteiger partial charge in [-0.1, -0.05) is 72.3 Å². The van der Waals surface area contributed by atoms with Crippen molar-refractivity contribution in [1.82, 2.24) is 9.73 Å². The zero-order chi connectivity index (χ0) is 27.7. The highest BCUT2D eigenvalue weighted by Crippen LogP contribution is 2.22. The molecule has 200 valence electrons. The Hall–Kier alpha value is -4.05. The van der Waals surface area contributed by atoms with Gasteiger partial charge >= 0.3 is 0 Å².